The molecule has 0 bridgehead atoms. The molecule has 1 N–H and O–H groups in total. The van der Waals surface area contributed by atoms with E-state index in [1.54, 1.807) is 0 Å². The molecule has 0 saturated carbocycles. The average molecular weight is 198 g/mol. The van der Waals surface area contributed by atoms with Crippen molar-refractivity contribution < 1.29 is 4.39 Å². The maximum atomic E-state index is 12.4. The molecule has 0 aliphatic carbocycles. The van der Waals surface area contributed by atoms with Crippen molar-refractivity contribution in [1.82, 2.24) is 14.9 Å². The molecule has 0 fully saturated rings. The monoisotopic (exact) mass is 198 g/mol. The average Bonchev–Trinajstić information content (AvgIpc) is 2.15. The zero-order chi connectivity index (χ0) is 10.4. The van der Waals surface area contributed by atoms with E-state index >= 15 is 0 Å². The van der Waals surface area contributed by atoms with Gasteiger partial charge in [-0.05, 0) is 27.1 Å². The third-order valence-corrected chi connectivity index (χ3v) is 1.69. The molecule has 14 heavy (non-hydrogen) atoms. The molecule has 5 heteroatoms. The molecule has 78 valence electrons. The van der Waals surface area contributed by atoms with Gasteiger partial charge in [0.2, 0.25) is 5.95 Å². The second kappa shape index (κ2) is 5.49. The number of aromatic nitrogens is 2. The van der Waals surface area contributed by atoms with Gasteiger partial charge in [0.15, 0.2) is 5.82 Å². The molecule has 1 aromatic heterocycles. The van der Waals surface area contributed by atoms with Crippen LogP contribution in [-0.4, -0.2) is 42.1 Å². The van der Waals surface area contributed by atoms with E-state index in [-0.39, 0.29) is 0 Å². The van der Waals surface area contributed by atoms with Gasteiger partial charge in [-0.3, -0.25) is 0 Å². The first-order valence-corrected chi connectivity index (χ1v) is 4.54. The molecular weight excluding hydrogens is 183 g/mol. The molecule has 0 aliphatic heterocycles. The molecule has 1 heterocycles. The molecule has 0 radical (unpaired) electrons. The van der Waals surface area contributed by atoms with Gasteiger partial charge in [0.25, 0.3) is 0 Å². The number of hydrogen-bond acceptors (Lipinski definition) is 4. The van der Waals surface area contributed by atoms with Gasteiger partial charge in [-0.2, -0.15) is 0 Å². The van der Waals surface area contributed by atoms with Gasteiger partial charge in [0.1, 0.15) is 0 Å². The third kappa shape index (κ3) is 4.13. The topological polar surface area (TPSA) is 41.0 Å². The molecule has 0 aliphatic rings. The van der Waals surface area contributed by atoms with Crippen LogP contribution in [0.4, 0.5) is 10.3 Å². The van der Waals surface area contributed by atoms with Crippen molar-refractivity contribution in [3.63, 3.8) is 0 Å². The van der Waals surface area contributed by atoms with E-state index in [0.717, 1.165) is 31.9 Å². The standard InChI is InChI=1S/C9H15FN4/c1-14(2)5-3-4-11-9-12-6-8(10)7-13-9/h6-7H,3-5H2,1-2H3,(H,11,12,13). The largest absolute Gasteiger partial charge is 0.354 e. The van der Waals surface area contributed by atoms with E-state index in [1.807, 2.05) is 14.1 Å². The van der Waals surface area contributed by atoms with Crippen molar-refractivity contribution in [2.45, 2.75) is 6.42 Å². The molecule has 0 aromatic carbocycles. The Morgan fingerprint density at radius 3 is 2.57 bits per heavy atom. The minimum absolute atomic E-state index is 0.413. The zero-order valence-electron chi connectivity index (χ0n) is 8.50. The minimum Gasteiger partial charge on any atom is -0.354 e. The van der Waals surface area contributed by atoms with Crippen molar-refractivity contribution in [1.29, 1.82) is 0 Å². The first-order valence-electron chi connectivity index (χ1n) is 4.54. The Labute approximate surface area is 83.2 Å². The Hall–Kier alpha value is -1.23. The Balaban J connectivity index is 2.21. The highest BCUT2D eigenvalue weighted by Gasteiger charge is 1.95. The summed E-state index contributed by atoms with van der Waals surface area (Å²) in [6, 6.07) is 0. The molecule has 0 spiro atoms. The molecule has 0 saturated heterocycles. The molecule has 0 atom stereocenters. The van der Waals surface area contributed by atoms with Crippen LogP contribution in [0.3, 0.4) is 0 Å². The fourth-order valence-corrected chi connectivity index (χ4v) is 0.999. The number of hydrogen-bond donors (Lipinski definition) is 1. The first-order chi connectivity index (χ1) is 6.68. The molecule has 1 rings (SSSR count). The summed E-state index contributed by atoms with van der Waals surface area (Å²) < 4.78 is 12.4. The molecular formula is C9H15FN4. The lowest BCUT2D eigenvalue weighted by Crippen LogP contribution is -2.16. The summed E-state index contributed by atoms with van der Waals surface area (Å²) in [7, 11) is 4.04. The highest BCUT2D eigenvalue weighted by molar-refractivity contribution is 5.21. The SMILES string of the molecule is CN(C)CCCNc1ncc(F)cn1. The smallest absolute Gasteiger partial charge is 0.222 e. The highest BCUT2D eigenvalue weighted by Crippen LogP contribution is 1.97. The minimum atomic E-state index is -0.413. The number of nitrogens with zero attached hydrogens (tertiary/aromatic N) is 3. The summed E-state index contributed by atoms with van der Waals surface area (Å²) in [6.45, 7) is 1.80. The quantitative estimate of drug-likeness (QED) is 0.716. The van der Waals surface area contributed by atoms with Gasteiger partial charge in [0, 0.05) is 6.54 Å². The van der Waals surface area contributed by atoms with Crippen LogP contribution in [0.1, 0.15) is 6.42 Å². The van der Waals surface area contributed by atoms with E-state index in [1.165, 1.54) is 0 Å². The Morgan fingerprint density at radius 2 is 2.00 bits per heavy atom. The lowest BCUT2D eigenvalue weighted by molar-refractivity contribution is 0.405. The van der Waals surface area contributed by atoms with Gasteiger partial charge in [0.05, 0.1) is 12.4 Å². The second-order valence-electron chi connectivity index (χ2n) is 3.31. The van der Waals surface area contributed by atoms with Gasteiger partial charge in [-0.15, -0.1) is 0 Å². The Bertz CT molecular complexity index is 260. The van der Waals surface area contributed by atoms with Crippen LogP contribution < -0.4 is 5.32 Å². The van der Waals surface area contributed by atoms with Crippen LogP contribution in [0.25, 0.3) is 0 Å². The van der Waals surface area contributed by atoms with Crippen molar-refractivity contribution in [2.24, 2.45) is 0 Å². The molecule has 0 unspecified atom stereocenters. The predicted molar refractivity (Wildman–Crippen MR) is 53.7 cm³/mol. The molecule has 4 nitrogen and oxygen atoms in total. The van der Waals surface area contributed by atoms with Gasteiger partial charge < -0.3 is 10.2 Å². The molecule has 0 amide bonds. The van der Waals surface area contributed by atoms with Crippen LogP contribution in [0, 0.1) is 5.82 Å². The summed E-state index contributed by atoms with van der Waals surface area (Å²) in [5.74, 6) is 0.0639. The van der Waals surface area contributed by atoms with Gasteiger partial charge in [-0.25, -0.2) is 14.4 Å². The van der Waals surface area contributed by atoms with E-state index in [0.29, 0.717) is 5.95 Å². The summed E-state index contributed by atoms with van der Waals surface area (Å²) >= 11 is 0. The fraction of sp³-hybridized carbons (Fsp3) is 0.556. The van der Waals surface area contributed by atoms with Crippen molar-refractivity contribution >= 4 is 5.95 Å². The molecule has 1 aromatic rings. The maximum Gasteiger partial charge on any atom is 0.222 e. The first kappa shape index (κ1) is 10.8. The van der Waals surface area contributed by atoms with Gasteiger partial charge >= 0.3 is 0 Å². The number of nitrogens with one attached hydrogen (secondary N) is 1. The van der Waals surface area contributed by atoms with E-state index in [4.69, 9.17) is 0 Å². The predicted octanol–water partition coefficient (Wildman–Crippen LogP) is 0.979. The number of rotatable bonds is 5. The Morgan fingerprint density at radius 1 is 1.36 bits per heavy atom. The fourth-order valence-electron chi connectivity index (χ4n) is 0.999. The maximum absolute atomic E-state index is 12.4. The zero-order valence-corrected chi connectivity index (χ0v) is 8.50. The van der Waals surface area contributed by atoms with E-state index < -0.39 is 5.82 Å². The highest BCUT2D eigenvalue weighted by atomic mass is 19.1. The number of anilines is 1. The summed E-state index contributed by atoms with van der Waals surface area (Å²) in [4.78, 5) is 9.67. The van der Waals surface area contributed by atoms with E-state index in [9.17, 15) is 4.39 Å². The lowest BCUT2D eigenvalue weighted by atomic mass is 10.4. The lowest BCUT2D eigenvalue weighted by Gasteiger charge is -2.09. The Kier molecular flexibility index (Phi) is 4.25. The third-order valence-electron chi connectivity index (χ3n) is 1.69. The van der Waals surface area contributed by atoms with Crippen LogP contribution >= 0.6 is 0 Å². The second-order valence-corrected chi connectivity index (χ2v) is 3.31. The van der Waals surface area contributed by atoms with Crippen LogP contribution in [0.15, 0.2) is 12.4 Å². The van der Waals surface area contributed by atoms with Crippen molar-refractivity contribution in [3.05, 3.63) is 18.2 Å². The van der Waals surface area contributed by atoms with Crippen LogP contribution in [-0.2, 0) is 0 Å². The van der Waals surface area contributed by atoms with Crippen LogP contribution in [0.2, 0.25) is 0 Å². The van der Waals surface area contributed by atoms with Crippen molar-refractivity contribution in [3.8, 4) is 0 Å². The summed E-state index contributed by atoms with van der Waals surface area (Å²) in [5.41, 5.74) is 0. The van der Waals surface area contributed by atoms with E-state index in [2.05, 4.69) is 20.2 Å². The number of halogens is 1. The normalized spacial score (nSPS) is 10.6. The van der Waals surface area contributed by atoms with Crippen LogP contribution in [0.5, 0.6) is 0 Å². The van der Waals surface area contributed by atoms with Gasteiger partial charge in [-0.1, -0.05) is 0 Å². The summed E-state index contributed by atoms with van der Waals surface area (Å²) in [5, 5.41) is 3.01. The van der Waals surface area contributed by atoms with Crippen molar-refractivity contribution in [2.75, 3.05) is 32.5 Å². The summed E-state index contributed by atoms with van der Waals surface area (Å²) in [6.07, 6.45) is 3.32.